The molecule has 0 heterocycles. The molecule has 0 spiro atoms. The number of aliphatic hydroxyl groups excluding tert-OH is 1. The zero-order valence-corrected chi connectivity index (χ0v) is 16.1. The Kier molecular flexibility index (Phi) is 8.84. The molecule has 0 radical (unpaired) electrons. The van der Waals surface area contributed by atoms with Crippen LogP contribution in [0.15, 0.2) is 18.2 Å². The Morgan fingerprint density at radius 1 is 1.29 bits per heavy atom. The summed E-state index contributed by atoms with van der Waals surface area (Å²) in [7, 11) is 0. The molecule has 0 bridgehead atoms. The topological polar surface area (TPSA) is 61.8 Å². The lowest BCUT2D eigenvalue weighted by Gasteiger charge is -2.28. The number of nitrogens with zero attached hydrogens (tertiary/aromatic N) is 1. The predicted molar refractivity (Wildman–Crippen MR) is 98.0 cm³/mol. The van der Waals surface area contributed by atoms with Crippen LogP contribution in [0.3, 0.4) is 0 Å². The number of aliphatic hydroxyl groups is 1. The summed E-state index contributed by atoms with van der Waals surface area (Å²) in [4.78, 5) is 13.8. The standard InChI is InChI=1S/C17H26Cl2N2O3/c1-11(2)20-16(23)9-21(12(3)4)8-13(22)10-24-15-7-5-6-14(18)17(15)19/h5-7,11-13,22H,8-10H2,1-4H3,(H,20,23). The van der Waals surface area contributed by atoms with Crippen LogP contribution in [0.2, 0.25) is 10.0 Å². The molecule has 0 aromatic heterocycles. The maximum Gasteiger partial charge on any atom is 0.234 e. The summed E-state index contributed by atoms with van der Waals surface area (Å²) in [5.74, 6) is 0.363. The van der Waals surface area contributed by atoms with Crippen molar-refractivity contribution in [1.82, 2.24) is 10.2 Å². The summed E-state index contributed by atoms with van der Waals surface area (Å²) in [5.41, 5.74) is 0. The molecule has 1 aromatic carbocycles. The third-order valence-corrected chi connectivity index (χ3v) is 4.12. The average Bonchev–Trinajstić information content (AvgIpc) is 2.47. The predicted octanol–water partition coefficient (Wildman–Crippen LogP) is 2.97. The van der Waals surface area contributed by atoms with Gasteiger partial charge in [0.25, 0.3) is 0 Å². The van der Waals surface area contributed by atoms with E-state index in [-0.39, 0.29) is 31.1 Å². The molecular weight excluding hydrogens is 351 g/mol. The van der Waals surface area contributed by atoms with Gasteiger partial charge in [-0.25, -0.2) is 0 Å². The zero-order chi connectivity index (χ0) is 18.3. The second-order valence-electron chi connectivity index (χ2n) is 6.26. The number of rotatable bonds is 9. The van der Waals surface area contributed by atoms with Gasteiger partial charge in [0, 0.05) is 18.6 Å². The molecule has 0 aliphatic heterocycles. The molecule has 1 atom stereocenters. The van der Waals surface area contributed by atoms with Crippen molar-refractivity contribution in [1.29, 1.82) is 0 Å². The van der Waals surface area contributed by atoms with E-state index in [2.05, 4.69) is 5.32 Å². The fourth-order valence-electron chi connectivity index (χ4n) is 2.11. The Hall–Kier alpha value is -1.01. The van der Waals surface area contributed by atoms with Gasteiger partial charge in [0.1, 0.15) is 23.5 Å². The SMILES string of the molecule is CC(C)NC(=O)CN(CC(O)COc1cccc(Cl)c1Cl)C(C)C. The Labute approximate surface area is 153 Å². The molecule has 0 saturated carbocycles. The number of hydrogen-bond donors (Lipinski definition) is 2. The van der Waals surface area contributed by atoms with Gasteiger partial charge in [-0.15, -0.1) is 0 Å². The van der Waals surface area contributed by atoms with Gasteiger partial charge in [-0.1, -0.05) is 29.3 Å². The molecular formula is C17H26Cl2N2O3. The first kappa shape index (κ1) is 21.0. The molecule has 1 amide bonds. The second-order valence-corrected chi connectivity index (χ2v) is 7.05. The number of carbonyl (C=O) groups excluding carboxylic acids is 1. The van der Waals surface area contributed by atoms with Crippen LogP contribution < -0.4 is 10.1 Å². The molecule has 1 unspecified atom stereocenters. The highest BCUT2D eigenvalue weighted by molar-refractivity contribution is 6.42. The van der Waals surface area contributed by atoms with Crippen molar-refractivity contribution in [3.05, 3.63) is 28.2 Å². The molecule has 5 nitrogen and oxygen atoms in total. The monoisotopic (exact) mass is 376 g/mol. The van der Waals surface area contributed by atoms with Crippen LogP contribution in [0.5, 0.6) is 5.75 Å². The van der Waals surface area contributed by atoms with E-state index in [1.807, 2.05) is 32.6 Å². The van der Waals surface area contributed by atoms with E-state index in [1.165, 1.54) is 0 Å². The Bertz CT molecular complexity index is 539. The molecule has 0 aliphatic rings. The molecule has 136 valence electrons. The van der Waals surface area contributed by atoms with E-state index in [4.69, 9.17) is 27.9 Å². The van der Waals surface area contributed by atoms with Gasteiger partial charge < -0.3 is 15.2 Å². The minimum atomic E-state index is -0.755. The molecule has 1 aromatic rings. The highest BCUT2D eigenvalue weighted by Gasteiger charge is 2.19. The third kappa shape index (κ3) is 7.26. The fraction of sp³-hybridized carbons (Fsp3) is 0.588. The summed E-state index contributed by atoms with van der Waals surface area (Å²) >= 11 is 12.0. The first-order valence-corrected chi connectivity index (χ1v) is 8.74. The van der Waals surface area contributed by atoms with Crippen molar-refractivity contribution in [2.24, 2.45) is 0 Å². The molecule has 0 saturated heterocycles. The molecule has 1 rings (SSSR count). The number of nitrogens with one attached hydrogen (secondary N) is 1. The Morgan fingerprint density at radius 3 is 2.54 bits per heavy atom. The quantitative estimate of drug-likeness (QED) is 0.695. The van der Waals surface area contributed by atoms with Gasteiger partial charge in [0.05, 0.1) is 11.6 Å². The van der Waals surface area contributed by atoms with Crippen LogP contribution >= 0.6 is 23.2 Å². The highest BCUT2D eigenvalue weighted by Crippen LogP contribution is 2.31. The lowest BCUT2D eigenvalue weighted by Crippen LogP contribution is -2.46. The summed E-state index contributed by atoms with van der Waals surface area (Å²) in [6.45, 7) is 8.39. The van der Waals surface area contributed by atoms with Gasteiger partial charge in [-0.05, 0) is 39.8 Å². The van der Waals surface area contributed by atoms with E-state index in [0.29, 0.717) is 22.3 Å². The van der Waals surface area contributed by atoms with Crippen LogP contribution in [0.25, 0.3) is 0 Å². The molecule has 24 heavy (non-hydrogen) atoms. The number of hydrogen-bond acceptors (Lipinski definition) is 4. The molecule has 2 N–H and O–H groups in total. The van der Waals surface area contributed by atoms with Crippen molar-refractivity contribution in [2.45, 2.75) is 45.9 Å². The summed E-state index contributed by atoms with van der Waals surface area (Å²) in [6, 6.07) is 5.29. The van der Waals surface area contributed by atoms with E-state index in [0.717, 1.165) is 0 Å². The number of halogens is 2. The highest BCUT2D eigenvalue weighted by atomic mass is 35.5. The number of carbonyl (C=O) groups is 1. The Morgan fingerprint density at radius 2 is 1.96 bits per heavy atom. The number of amides is 1. The largest absolute Gasteiger partial charge is 0.489 e. The van der Waals surface area contributed by atoms with Gasteiger partial charge in [0.2, 0.25) is 5.91 Å². The van der Waals surface area contributed by atoms with Crippen LogP contribution in [0, 0.1) is 0 Å². The van der Waals surface area contributed by atoms with Crippen molar-refractivity contribution >= 4 is 29.1 Å². The normalized spacial score (nSPS) is 12.8. The fourth-order valence-corrected chi connectivity index (χ4v) is 2.46. The van der Waals surface area contributed by atoms with Gasteiger partial charge in [-0.3, -0.25) is 9.69 Å². The van der Waals surface area contributed by atoms with Crippen molar-refractivity contribution in [2.75, 3.05) is 19.7 Å². The van der Waals surface area contributed by atoms with E-state index >= 15 is 0 Å². The smallest absolute Gasteiger partial charge is 0.234 e. The van der Waals surface area contributed by atoms with Gasteiger partial charge >= 0.3 is 0 Å². The van der Waals surface area contributed by atoms with Gasteiger partial charge in [0.15, 0.2) is 0 Å². The van der Waals surface area contributed by atoms with Crippen molar-refractivity contribution < 1.29 is 14.6 Å². The molecule has 0 fully saturated rings. The summed E-state index contributed by atoms with van der Waals surface area (Å²) < 4.78 is 5.54. The summed E-state index contributed by atoms with van der Waals surface area (Å²) in [5, 5.41) is 13.8. The molecule has 7 heteroatoms. The van der Waals surface area contributed by atoms with E-state index in [1.54, 1.807) is 18.2 Å². The maximum atomic E-state index is 11.9. The van der Waals surface area contributed by atoms with Crippen molar-refractivity contribution in [3.63, 3.8) is 0 Å². The number of benzene rings is 1. The number of ether oxygens (including phenoxy) is 1. The summed E-state index contributed by atoms with van der Waals surface area (Å²) in [6.07, 6.45) is -0.755. The first-order valence-electron chi connectivity index (χ1n) is 7.99. The maximum absolute atomic E-state index is 11.9. The Balaban J connectivity index is 2.54. The van der Waals surface area contributed by atoms with Crippen LogP contribution in [-0.2, 0) is 4.79 Å². The van der Waals surface area contributed by atoms with Crippen LogP contribution in [0.4, 0.5) is 0 Å². The van der Waals surface area contributed by atoms with E-state index < -0.39 is 6.10 Å². The van der Waals surface area contributed by atoms with Crippen LogP contribution in [0.1, 0.15) is 27.7 Å². The average molecular weight is 377 g/mol. The molecule has 0 aliphatic carbocycles. The third-order valence-electron chi connectivity index (χ3n) is 3.32. The first-order chi connectivity index (χ1) is 11.2. The van der Waals surface area contributed by atoms with Gasteiger partial charge in [-0.2, -0.15) is 0 Å². The minimum absolute atomic E-state index is 0.0646. The van der Waals surface area contributed by atoms with Crippen LogP contribution in [-0.4, -0.2) is 53.8 Å². The zero-order valence-electron chi connectivity index (χ0n) is 14.6. The minimum Gasteiger partial charge on any atom is -0.489 e. The van der Waals surface area contributed by atoms with E-state index in [9.17, 15) is 9.90 Å². The lowest BCUT2D eigenvalue weighted by molar-refractivity contribution is -0.123. The van der Waals surface area contributed by atoms with Crippen molar-refractivity contribution in [3.8, 4) is 5.75 Å². The lowest BCUT2D eigenvalue weighted by atomic mass is 10.2. The second kappa shape index (κ2) is 10.1.